The molecule has 0 amide bonds. The molecule has 2 rings (SSSR count). The second-order valence-electron chi connectivity index (χ2n) is 11.5. The van der Waals surface area contributed by atoms with Crippen LogP contribution in [0.3, 0.4) is 0 Å². The van der Waals surface area contributed by atoms with Gasteiger partial charge in [0.15, 0.2) is 11.6 Å². The number of ether oxygens (including phenoxy) is 11. The number of carbonyl (C=O) groups is 1. The third-order valence-electron chi connectivity index (χ3n) is 7.44. The summed E-state index contributed by atoms with van der Waals surface area (Å²) < 4.78 is 99.1. The van der Waals surface area contributed by atoms with E-state index in [0.29, 0.717) is 124 Å². The first-order valence-corrected chi connectivity index (χ1v) is 18.3. The molecule has 308 valence electrons. The van der Waals surface area contributed by atoms with Gasteiger partial charge in [-0.15, -0.1) is 0 Å². The Bertz CT molecular complexity index is 1010. The van der Waals surface area contributed by atoms with Gasteiger partial charge >= 0.3 is 5.97 Å². The Labute approximate surface area is 311 Å². The highest BCUT2D eigenvalue weighted by molar-refractivity contribution is 5.72. The van der Waals surface area contributed by atoms with Crippen molar-refractivity contribution in [2.75, 3.05) is 178 Å². The summed E-state index contributed by atoms with van der Waals surface area (Å²) in [7, 11) is 0. The zero-order valence-corrected chi connectivity index (χ0v) is 31.0. The summed E-state index contributed by atoms with van der Waals surface area (Å²) in [6, 6.07) is 0.857. The van der Waals surface area contributed by atoms with E-state index in [9.17, 15) is 18.0 Å². The van der Waals surface area contributed by atoms with Gasteiger partial charge in [-0.25, -0.2) is 13.2 Å². The fraction of sp³-hybridized carbons (Fsp3) is 0.800. The zero-order valence-electron chi connectivity index (χ0n) is 31.0. The van der Waals surface area contributed by atoms with Crippen molar-refractivity contribution in [1.29, 1.82) is 0 Å². The molecule has 0 radical (unpaired) electrons. The summed E-state index contributed by atoms with van der Waals surface area (Å²) in [5, 5.41) is 0. The number of halogens is 3. The molecule has 1 heterocycles. The molecule has 1 aliphatic rings. The highest BCUT2D eigenvalue weighted by Gasteiger charge is 2.17. The van der Waals surface area contributed by atoms with E-state index in [-0.39, 0.29) is 26.2 Å². The molecule has 1 aliphatic heterocycles. The summed E-state index contributed by atoms with van der Waals surface area (Å²) in [6.07, 6.45) is -0.238. The lowest BCUT2D eigenvalue weighted by Gasteiger charge is -2.34. The van der Waals surface area contributed by atoms with Crippen LogP contribution in [0.1, 0.15) is 6.42 Å². The number of benzene rings is 1. The average molecular weight is 772 g/mol. The van der Waals surface area contributed by atoms with Crippen LogP contribution in [0.5, 0.6) is 5.75 Å². The predicted octanol–water partition coefficient (Wildman–Crippen LogP) is 1.14. The van der Waals surface area contributed by atoms with Crippen molar-refractivity contribution in [3.63, 3.8) is 0 Å². The maximum absolute atomic E-state index is 13.5. The van der Waals surface area contributed by atoms with Gasteiger partial charge in [0.1, 0.15) is 5.82 Å². The molecule has 0 spiro atoms. The van der Waals surface area contributed by atoms with Gasteiger partial charge in [-0.3, -0.25) is 14.6 Å². The molecule has 0 unspecified atom stereocenters. The lowest BCUT2D eigenvalue weighted by atomic mass is 10.3. The quantitative estimate of drug-likeness (QED) is 0.0590. The lowest BCUT2D eigenvalue weighted by molar-refractivity contribution is -0.136. The average Bonchev–Trinajstić information content (AvgIpc) is 3.14. The van der Waals surface area contributed by atoms with Gasteiger partial charge in [0.2, 0.25) is 5.75 Å². The van der Waals surface area contributed by atoms with E-state index in [2.05, 4.69) is 14.5 Å². The SMILES string of the molecule is NCCOCCOCCN1CCN(CCOCCOCCOCCOCCOCCOCCOCCOCCC(=O)Oc2c(F)cc(F)cc2F)CC1. The lowest BCUT2D eigenvalue weighted by Crippen LogP contribution is -2.48. The van der Waals surface area contributed by atoms with E-state index in [1.54, 1.807) is 0 Å². The van der Waals surface area contributed by atoms with Crippen molar-refractivity contribution in [2.24, 2.45) is 5.73 Å². The summed E-state index contributed by atoms with van der Waals surface area (Å²) >= 11 is 0. The van der Waals surface area contributed by atoms with Crippen LogP contribution < -0.4 is 10.5 Å². The molecular weight excluding hydrogens is 711 g/mol. The summed E-state index contributed by atoms with van der Waals surface area (Å²) in [6.45, 7) is 15.7. The van der Waals surface area contributed by atoms with E-state index >= 15 is 0 Å². The number of nitrogens with two attached hydrogens (primary N) is 1. The van der Waals surface area contributed by atoms with Gasteiger partial charge in [0, 0.05) is 57.9 Å². The molecule has 53 heavy (non-hydrogen) atoms. The maximum Gasteiger partial charge on any atom is 0.313 e. The van der Waals surface area contributed by atoms with Crippen molar-refractivity contribution in [3.8, 4) is 5.75 Å². The maximum atomic E-state index is 13.5. The van der Waals surface area contributed by atoms with Gasteiger partial charge in [0.05, 0.1) is 139 Å². The van der Waals surface area contributed by atoms with Gasteiger partial charge < -0.3 is 57.8 Å². The molecule has 1 saturated heterocycles. The molecular formula is C35H60F3N3O12. The number of piperazine rings is 1. The Hall–Kier alpha value is -2.04. The zero-order chi connectivity index (χ0) is 38.0. The van der Waals surface area contributed by atoms with Crippen molar-refractivity contribution < 1.29 is 70.1 Å². The van der Waals surface area contributed by atoms with Crippen LogP contribution in [-0.2, 0) is 52.2 Å². The van der Waals surface area contributed by atoms with Crippen LogP contribution in [0.2, 0.25) is 0 Å². The van der Waals surface area contributed by atoms with Gasteiger partial charge in [-0.2, -0.15) is 0 Å². The Morgan fingerprint density at radius 2 is 0.792 bits per heavy atom. The molecule has 0 aromatic heterocycles. The summed E-state index contributed by atoms with van der Waals surface area (Å²) in [5.41, 5.74) is 5.39. The normalized spacial score (nSPS) is 14.0. The van der Waals surface area contributed by atoms with Crippen LogP contribution in [0.15, 0.2) is 12.1 Å². The van der Waals surface area contributed by atoms with E-state index in [1.165, 1.54) is 0 Å². The van der Waals surface area contributed by atoms with E-state index in [0.717, 1.165) is 45.9 Å². The van der Waals surface area contributed by atoms with Gasteiger partial charge in [-0.05, 0) is 0 Å². The molecule has 1 fully saturated rings. The first-order valence-electron chi connectivity index (χ1n) is 18.3. The molecule has 0 saturated carbocycles. The second-order valence-corrected chi connectivity index (χ2v) is 11.5. The minimum atomic E-state index is -1.30. The molecule has 18 heteroatoms. The Balaban J connectivity index is 1.20. The van der Waals surface area contributed by atoms with Crippen molar-refractivity contribution >= 4 is 5.97 Å². The Morgan fingerprint density at radius 1 is 0.491 bits per heavy atom. The molecule has 1 aromatic rings. The van der Waals surface area contributed by atoms with Gasteiger partial charge in [0.25, 0.3) is 0 Å². The molecule has 1 aromatic carbocycles. The number of carbonyl (C=O) groups excluding carboxylic acids is 1. The minimum absolute atomic E-state index is 0.0321. The third kappa shape index (κ3) is 26.4. The molecule has 2 N–H and O–H groups in total. The fourth-order valence-electron chi connectivity index (χ4n) is 4.62. The topological polar surface area (TPSA) is 151 Å². The highest BCUT2D eigenvalue weighted by Crippen LogP contribution is 2.23. The summed E-state index contributed by atoms with van der Waals surface area (Å²) in [5.74, 6) is -5.55. The van der Waals surface area contributed by atoms with Crippen molar-refractivity contribution in [2.45, 2.75) is 6.42 Å². The molecule has 0 aliphatic carbocycles. The highest BCUT2D eigenvalue weighted by atomic mass is 19.1. The number of hydrogen-bond donors (Lipinski definition) is 1. The van der Waals surface area contributed by atoms with Crippen LogP contribution >= 0.6 is 0 Å². The fourth-order valence-corrected chi connectivity index (χ4v) is 4.62. The Kier molecular flexibility index (Phi) is 29.6. The number of hydrogen-bond acceptors (Lipinski definition) is 15. The smallest absolute Gasteiger partial charge is 0.313 e. The van der Waals surface area contributed by atoms with Crippen LogP contribution in [0, 0.1) is 17.5 Å². The monoisotopic (exact) mass is 771 g/mol. The van der Waals surface area contributed by atoms with Crippen molar-refractivity contribution in [3.05, 3.63) is 29.6 Å². The minimum Gasteiger partial charge on any atom is -0.420 e. The third-order valence-corrected chi connectivity index (χ3v) is 7.44. The first kappa shape index (κ1) is 47.1. The summed E-state index contributed by atoms with van der Waals surface area (Å²) in [4.78, 5) is 16.5. The van der Waals surface area contributed by atoms with E-state index < -0.39 is 29.2 Å². The molecule has 15 nitrogen and oxygen atoms in total. The number of nitrogens with zero attached hydrogens (tertiary/aromatic N) is 2. The van der Waals surface area contributed by atoms with Crippen LogP contribution in [0.4, 0.5) is 13.2 Å². The molecule has 0 atom stereocenters. The number of rotatable bonds is 36. The van der Waals surface area contributed by atoms with E-state index in [4.69, 9.17) is 53.1 Å². The van der Waals surface area contributed by atoms with Crippen molar-refractivity contribution in [1.82, 2.24) is 9.80 Å². The second kappa shape index (κ2) is 33.3. The standard InChI is InChI=1S/C35H60F3N3O12/c36-31-29-32(37)35(33(38)30-31)53-34(42)1-9-43-13-17-47-19-21-49-23-25-51-27-28-52-26-24-50-22-20-48-18-16-46-12-8-41-5-3-40(4-6-41)7-11-45-15-14-44-10-2-39/h29-30H,1-28,39H2. The van der Waals surface area contributed by atoms with Crippen LogP contribution in [-0.4, -0.2) is 194 Å². The largest absolute Gasteiger partial charge is 0.420 e. The Morgan fingerprint density at radius 3 is 1.13 bits per heavy atom. The molecule has 0 bridgehead atoms. The van der Waals surface area contributed by atoms with Gasteiger partial charge in [-0.1, -0.05) is 0 Å². The first-order chi connectivity index (χ1) is 26.0. The predicted molar refractivity (Wildman–Crippen MR) is 187 cm³/mol. The van der Waals surface area contributed by atoms with Crippen LogP contribution in [0.25, 0.3) is 0 Å². The number of esters is 1. The van der Waals surface area contributed by atoms with E-state index in [1.807, 2.05) is 0 Å².